The molecule has 0 saturated carbocycles. The third-order valence-electron chi connectivity index (χ3n) is 2.87. The van der Waals surface area contributed by atoms with Gasteiger partial charge in [-0.2, -0.15) is 0 Å². The minimum atomic E-state index is -1.81. The number of nitrogens with two attached hydrogens (primary N) is 1. The van der Waals surface area contributed by atoms with Gasteiger partial charge >= 0.3 is 139 Å². The van der Waals surface area contributed by atoms with Gasteiger partial charge in [0.2, 0.25) is 0 Å². The Morgan fingerprint density at radius 2 is 1.68 bits per heavy atom. The summed E-state index contributed by atoms with van der Waals surface area (Å²) in [4.78, 5) is 24.4. The number of ether oxygens (including phenoxy) is 2. The second-order valence-corrected chi connectivity index (χ2v) is 6.86. The van der Waals surface area contributed by atoms with Crippen LogP contribution in [0, 0.1) is 6.92 Å². The van der Waals surface area contributed by atoms with Gasteiger partial charge in [0.25, 0.3) is 0 Å². The topological polar surface area (TPSA) is 78.6 Å². The average Bonchev–Trinajstić information content (AvgIpc) is 2.43. The first-order valence-electron chi connectivity index (χ1n) is 6.94. The number of rotatable bonds is 5. The molecule has 122 valence electrons. The number of esters is 2. The van der Waals surface area contributed by atoms with E-state index in [0.717, 1.165) is 11.1 Å². The van der Waals surface area contributed by atoms with Crippen LogP contribution in [0.3, 0.4) is 0 Å². The van der Waals surface area contributed by atoms with Crippen molar-refractivity contribution in [1.29, 1.82) is 0 Å². The Balaban J connectivity index is 2.74. The van der Waals surface area contributed by atoms with Gasteiger partial charge in [-0.25, -0.2) is 0 Å². The van der Waals surface area contributed by atoms with E-state index >= 15 is 0 Å². The standard InChI is InChI=1S/C16H23NO4Se/c1-11-5-7-12(8-6-11)9-20-13(18)16(17,10-22)14(19)21-15(2,3)4/h5-8,22H,9-10,17H2,1-4H3/t16-/m0/s1. The van der Waals surface area contributed by atoms with E-state index in [-0.39, 0.29) is 11.9 Å². The number of carbonyl (C=O) groups is 2. The first-order chi connectivity index (χ1) is 10.1. The van der Waals surface area contributed by atoms with Crippen molar-refractivity contribution >= 4 is 28.0 Å². The second kappa shape index (κ2) is 7.27. The minimum absolute atomic E-state index is 0.0433. The van der Waals surface area contributed by atoms with Gasteiger partial charge in [-0.05, 0) is 0 Å². The molecule has 1 aromatic carbocycles. The molecule has 1 aromatic rings. The van der Waals surface area contributed by atoms with Crippen molar-refractivity contribution in [3.8, 4) is 0 Å². The molecule has 0 aromatic heterocycles. The Labute approximate surface area is 139 Å². The molecule has 1 atom stereocenters. The Kier molecular flexibility index (Phi) is 6.17. The van der Waals surface area contributed by atoms with Gasteiger partial charge in [-0.3, -0.25) is 0 Å². The molecule has 0 aliphatic rings. The van der Waals surface area contributed by atoms with Crippen LogP contribution >= 0.6 is 0 Å². The van der Waals surface area contributed by atoms with Gasteiger partial charge in [0.1, 0.15) is 0 Å². The summed E-state index contributed by atoms with van der Waals surface area (Å²) in [5.41, 5.74) is 5.33. The zero-order chi connectivity index (χ0) is 17.0. The van der Waals surface area contributed by atoms with E-state index in [1.165, 1.54) is 0 Å². The number of hydrogen-bond donors (Lipinski definition) is 1. The molecule has 2 N–H and O–H groups in total. The molecule has 22 heavy (non-hydrogen) atoms. The molecular weight excluding hydrogens is 349 g/mol. The molecule has 0 spiro atoms. The fraction of sp³-hybridized carbons (Fsp3) is 0.500. The summed E-state index contributed by atoms with van der Waals surface area (Å²) in [5.74, 6) is -1.57. The average molecular weight is 372 g/mol. The van der Waals surface area contributed by atoms with E-state index in [1.54, 1.807) is 20.8 Å². The predicted octanol–water partition coefficient (Wildman–Crippen LogP) is 1.40. The van der Waals surface area contributed by atoms with Crippen LogP contribution in [0.4, 0.5) is 0 Å². The fourth-order valence-electron chi connectivity index (χ4n) is 1.54. The monoisotopic (exact) mass is 373 g/mol. The van der Waals surface area contributed by atoms with Gasteiger partial charge < -0.3 is 0 Å². The summed E-state index contributed by atoms with van der Waals surface area (Å²) >= 11 is 2.13. The zero-order valence-electron chi connectivity index (χ0n) is 13.4. The summed E-state index contributed by atoms with van der Waals surface area (Å²) in [5, 5.41) is 0.0433. The van der Waals surface area contributed by atoms with Crippen LogP contribution in [0.5, 0.6) is 0 Å². The summed E-state index contributed by atoms with van der Waals surface area (Å²) in [6.07, 6.45) is 0. The van der Waals surface area contributed by atoms with E-state index in [4.69, 9.17) is 15.2 Å². The van der Waals surface area contributed by atoms with Crippen LogP contribution in [-0.4, -0.2) is 39.1 Å². The summed E-state index contributed by atoms with van der Waals surface area (Å²) in [7, 11) is 0. The van der Waals surface area contributed by atoms with E-state index in [0.29, 0.717) is 0 Å². The third kappa shape index (κ3) is 5.13. The summed E-state index contributed by atoms with van der Waals surface area (Å²) < 4.78 is 10.4. The SMILES string of the molecule is Cc1ccc(COC(=O)[C@@](N)(C[SeH])C(=O)OC(C)(C)C)cc1. The first-order valence-corrected chi connectivity index (χ1v) is 8.27. The quantitative estimate of drug-likeness (QED) is 0.480. The van der Waals surface area contributed by atoms with E-state index < -0.39 is 23.1 Å². The molecule has 6 heteroatoms. The predicted molar refractivity (Wildman–Crippen MR) is 85.7 cm³/mol. The number of benzene rings is 1. The molecule has 0 radical (unpaired) electrons. The van der Waals surface area contributed by atoms with E-state index in [2.05, 4.69) is 16.0 Å². The molecule has 0 aliphatic carbocycles. The molecule has 0 amide bonds. The molecule has 5 nitrogen and oxygen atoms in total. The molecule has 1 rings (SSSR count). The van der Waals surface area contributed by atoms with Crippen LogP contribution in [0.15, 0.2) is 24.3 Å². The third-order valence-corrected chi connectivity index (χ3v) is 3.91. The molecular formula is C16H23NO4Se. The van der Waals surface area contributed by atoms with Crippen molar-refractivity contribution in [2.75, 3.05) is 0 Å². The van der Waals surface area contributed by atoms with Crippen molar-refractivity contribution in [2.24, 2.45) is 5.73 Å². The van der Waals surface area contributed by atoms with E-state index in [9.17, 15) is 9.59 Å². The van der Waals surface area contributed by atoms with Crippen molar-refractivity contribution in [1.82, 2.24) is 0 Å². The molecule has 0 heterocycles. The Bertz CT molecular complexity index is 536. The maximum atomic E-state index is 12.2. The number of hydrogen-bond acceptors (Lipinski definition) is 5. The fourth-order valence-corrected chi connectivity index (χ4v) is 2.09. The van der Waals surface area contributed by atoms with E-state index in [1.807, 2.05) is 31.2 Å². The molecule has 0 unspecified atom stereocenters. The molecule has 0 aliphatic heterocycles. The second-order valence-electron chi connectivity index (χ2n) is 6.19. The Morgan fingerprint density at radius 1 is 1.14 bits per heavy atom. The normalized spacial score (nSPS) is 14.1. The maximum absolute atomic E-state index is 12.2. The van der Waals surface area contributed by atoms with Gasteiger partial charge in [-0.15, -0.1) is 0 Å². The van der Waals surface area contributed by atoms with Crippen LogP contribution in [0.2, 0.25) is 5.32 Å². The first kappa shape index (κ1) is 18.7. The van der Waals surface area contributed by atoms with Gasteiger partial charge in [-0.1, -0.05) is 0 Å². The van der Waals surface area contributed by atoms with Crippen molar-refractivity contribution in [2.45, 2.75) is 50.8 Å². The molecule has 0 bridgehead atoms. The van der Waals surface area contributed by atoms with Crippen molar-refractivity contribution < 1.29 is 19.1 Å². The summed E-state index contributed by atoms with van der Waals surface area (Å²) in [6.45, 7) is 7.18. The van der Waals surface area contributed by atoms with Crippen molar-refractivity contribution in [3.63, 3.8) is 0 Å². The van der Waals surface area contributed by atoms with Crippen LogP contribution in [0.25, 0.3) is 0 Å². The molecule has 0 saturated heterocycles. The summed E-state index contributed by atoms with van der Waals surface area (Å²) in [6, 6.07) is 7.56. The van der Waals surface area contributed by atoms with Crippen LogP contribution < -0.4 is 5.73 Å². The zero-order valence-corrected chi connectivity index (χ0v) is 15.3. The van der Waals surface area contributed by atoms with Crippen molar-refractivity contribution in [3.05, 3.63) is 35.4 Å². The van der Waals surface area contributed by atoms with Gasteiger partial charge in [0.05, 0.1) is 0 Å². The van der Waals surface area contributed by atoms with Crippen LogP contribution in [-0.2, 0) is 25.7 Å². The molecule has 0 fully saturated rings. The Hall–Kier alpha value is -1.36. The van der Waals surface area contributed by atoms with Gasteiger partial charge in [0.15, 0.2) is 0 Å². The van der Waals surface area contributed by atoms with Crippen LogP contribution in [0.1, 0.15) is 31.9 Å². The Morgan fingerprint density at radius 3 is 2.14 bits per heavy atom. The number of aryl methyl sites for hydroxylation is 1. The van der Waals surface area contributed by atoms with Gasteiger partial charge in [0, 0.05) is 0 Å². The number of carbonyl (C=O) groups excluding carboxylic acids is 2.